The Morgan fingerprint density at radius 2 is 1.62 bits per heavy atom. The standard InChI is InChI=1S/C16H28N2O3/c1-17(14-6-4-2-3-5-7-14)12-15(19)18-10-8-13(9-11-18)16(20)21/h13-14H,2-12H2,1H3,(H,20,21). The molecule has 5 nitrogen and oxygen atoms in total. The highest BCUT2D eigenvalue weighted by molar-refractivity contribution is 5.79. The van der Waals surface area contributed by atoms with E-state index >= 15 is 0 Å². The van der Waals surface area contributed by atoms with Crippen molar-refractivity contribution in [2.24, 2.45) is 5.92 Å². The number of aliphatic carboxylic acids is 1. The molecule has 0 spiro atoms. The minimum absolute atomic E-state index is 0.158. The lowest BCUT2D eigenvalue weighted by Gasteiger charge is -2.33. The number of nitrogens with zero attached hydrogens (tertiary/aromatic N) is 2. The van der Waals surface area contributed by atoms with E-state index in [2.05, 4.69) is 11.9 Å². The lowest BCUT2D eigenvalue weighted by molar-refractivity contribution is -0.146. The molecule has 1 saturated carbocycles. The van der Waals surface area contributed by atoms with Crippen LogP contribution in [0.25, 0.3) is 0 Å². The molecule has 2 fully saturated rings. The van der Waals surface area contributed by atoms with Crippen LogP contribution in [0.4, 0.5) is 0 Å². The fourth-order valence-electron chi connectivity index (χ4n) is 3.52. The number of carboxylic acid groups (broad SMARTS) is 1. The number of hydrogen-bond donors (Lipinski definition) is 1. The molecule has 0 atom stereocenters. The molecule has 2 aliphatic rings. The first kappa shape index (κ1) is 16.3. The average molecular weight is 296 g/mol. The third-order valence-electron chi connectivity index (χ3n) is 5.03. The van der Waals surface area contributed by atoms with E-state index in [0.29, 0.717) is 38.5 Å². The summed E-state index contributed by atoms with van der Waals surface area (Å²) in [6.07, 6.45) is 8.76. The van der Waals surface area contributed by atoms with Crippen molar-refractivity contribution in [1.82, 2.24) is 9.80 Å². The molecule has 0 radical (unpaired) electrons. The molecule has 1 aliphatic carbocycles. The zero-order chi connectivity index (χ0) is 15.2. The first-order valence-electron chi connectivity index (χ1n) is 8.28. The van der Waals surface area contributed by atoms with Gasteiger partial charge in [-0.1, -0.05) is 25.7 Å². The van der Waals surface area contributed by atoms with Crippen molar-refractivity contribution in [3.8, 4) is 0 Å². The Balaban J connectivity index is 1.77. The Labute approximate surface area is 127 Å². The minimum Gasteiger partial charge on any atom is -0.481 e. The van der Waals surface area contributed by atoms with Gasteiger partial charge < -0.3 is 10.0 Å². The van der Waals surface area contributed by atoms with Crippen LogP contribution < -0.4 is 0 Å². The molecule has 120 valence electrons. The second-order valence-corrected chi connectivity index (χ2v) is 6.55. The summed E-state index contributed by atoms with van der Waals surface area (Å²) < 4.78 is 0. The molecule has 1 amide bonds. The Morgan fingerprint density at radius 3 is 2.14 bits per heavy atom. The lowest BCUT2D eigenvalue weighted by atomic mass is 9.97. The topological polar surface area (TPSA) is 60.9 Å². The number of hydrogen-bond acceptors (Lipinski definition) is 3. The predicted molar refractivity (Wildman–Crippen MR) is 81.1 cm³/mol. The summed E-state index contributed by atoms with van der Waals surface area (Å²) in [5.74, 6) is -0.836. The van der Waals surface area contributed by atoms with Crippen molar-refractivity contribution in [3.63, 3.8) is 0 Å². The van der Waals surface area contributed by atoms with Gasteiger partial charge in [0, 0.05) is 19.1 Å². The van der Waals surface area contributed by atoms with Crippen LogP contribution in [-0.2, 0) is 9.59 Å². The third-order valence-corrected chi connectivity index (χ3v) is 5.03. The highest BCUT2D eigenvalue weighted by Crippen LogP contribution is 2.22. The summed E-state index contributed by atoms with van der Waals surface area (Å²) >= 11 is 0. The van der Waals surface area contributed by atoms with Gasteiger partial charge in [-0.2, -0.15) is 0 Å². The Kier molecular flexibility index (Phi) is 6.03. The molecule has 5 heteroatoms. The summed E-state index contributed by atoms with van der Waals surface area (Å²) in [5, 5.41) is 8.99. The number of piperidine rings is 1. The Hall–Kier alpha value is -1.10. The minimum atomic E-state index is -0.724. The van der Waals surface area contributed by atoms with E-state index in [0.717, 1.165) is 0 Å². The van der Waals surface area contributed by atoms with E-state index in [-0.39, 0.29) is 11.8 Å². The smallest absolute Gasteiger partial charge is 0.306 e. The molecule has 0 aromatic rings. The molecule has 1 aliphatic heterocycles. The van der Waals surface area contributed by atoms with Gasteiger partial charge in [0.2, 0.25) is 5.91 Å². The van der Waals surface area contributed by atoms with Crippen LogP contribution >= 0.6 is 0 Å². The van der Waals surface area contributed by atoms with Gasteiger partial charge in [0.1, 0.15) is 0 Å². The second kappa shape index (κ2) is 7.78. The predicted octanol–water partition coefficient (Wildman–Crippen LogP) is 1.96. The number of amides is 1. The molecule has 1 heterocycles. The van der Waals surface area contributed by atoms with Gasteiger partial charge in [-0.3, -0.25) is 14.5 Å². The molecule has 1 N–H and O–H groups in total. The van der Waals surface area contributed by atoms with Crippen molar-refractivity contribution in [1.29, 1.82) is 0 Å². The van der Waals surface area contributed by atoms with E-state index in [4.69, 9.17) is 5.11 Å². The van der Waals surface area contributed by atoms with Crippen LogP contribution in [0.3, 0.4) is 0 Å². The largest absolute Gasteiger partial charge is 0.481 e. The fourth-order valence-corrected chi connectivity index (χ4v) is 3.52. The Morgan fingerprint density at radius 1 is 1.05 bits per heavy atom. The van der Waals surface area contributed by atoms with Gasteiger partial charge in [-0.15, -0.1) is 0 Å². The van der Waals surface area contributed by atoms with E-state index < -0.39 is 5.97 Å². The van der Waals surface area contributed by atoms with Crippen LogP contribution in [-0.4, -0.2) is 59.5 Å². The SMILES string of the molecule is CN(CC(=O)N1CCC(C(=O)O)CC1)C1CCCCCC1. The zero-order valence-corrected chi connectivity index (χ0v) is 13.1. The number of carbonyl (C=O) groups excluding carboxylic acids is 1. The maximum Gasteiger partial charge on any atom is 0.306 e. The first-order chi connectivity index (χ1) is 10.1. The maximum absolute atomic E-state index is 12.4. The molecule has 0 unspecified atom stereocenters. The molecular weight excluding hydrogens is 268 g/mol. The third kappa shape index (κ3) is 4.70. The van der Waals surface area contributed by atoms with E-state index in [1.54, 1.807) is 0 Å². The lowest BCUT2D eigenvalue weighted by Crippen LogP contribution is -2.46. The molecule has 1 saturated heterocycles. The van der Waals surface area contributed by atoms with Crippen molar-refractivity contribution in [3.05, 3.63) is 0 Å². The number of likely N-dealkylation sites (tertiary alicyclic amines) is 1. The molecule has 0 bridgehead atoms. The molecular formula is C16H28N2O3. The van der Waals surface area contributed by atoms with Crippen molar-refractivity contribution < 1.29 is 14.7 Å². The van der Waals surface area contributed by atoms with Gasteiger partial charge >= 0.3 is 5.97 Å². The van der Waals surface area contributed by atoms with Crippen LogP contribution in [0.5, 0.6) is 0 Å². The summed E-state index contributed by atoms with van der Waals surface area (Å²) in [6, 6.07) is 0.535. The number of rotatable bonds is 4. The first-order valence-corrected chi connectivity index (χ1v) is 8.28. The highest BCUT2D eigenvalue weighted by atomic mass is 16.4. The molecule has 21 heavy (non-hydrogen) atoms. The van der Waals surface area contributed by atoms with E-state index in [1.165, 1.54) is 38.5 Å². The summed E-state index contributed by atoms with van der Waals surface area (Å²) in [5.41, 5.74) is 0. The Bertz CT molecular complexity index is 357. The summed E-state index contributed by atoms with van der Waals surface area (Å²) in [4.78, 5) is 27.3. The quantitative estimate of drug-likeness (QED) is 0.806. The number of likely N-dealkylation sites (N-methyl/N-ethyl adjacent to an activating group) is 1. The second-order valence-electron chi connectivity index (χ2n) is 6.55. The van der Waals surface area contributed by atoms with Gasteiger partial charge in [0.15, 0.2) is 0 Å². The van der Waals surface area contributed by atoms with E-state index in [1.807, 2.05) is 4.90 Å². The molecule has 0 aromatic carbocycles. The van der Waals surface area contributed by atoms with Gasteiger partial charge in [0.05, 0.1) is 12.5 Å². The number of carbonyl (C=O) groups is 2. The van der Waals surface area contributed by atoms with Crippen LogP contribution in [0, 0.1) is 5.92 Å². The van der Waals surface area contributed by atoms with Crippen LogP contribution in [0.15, 0.2) is 0 Å². The van der Waals surface area contributed by atoms with E-state index in [9.17, 15) is 9.59 Å². The molecule has 0 aromatic heterocycles. The number of carboxylic acids is 1. The maximum atomic E-state index is 12.4. The zero-order valence-electron chi connectivity index (χ0n) is 13.1. The van der Waals surface area contributed by atoms with Crippen molar-refractivity contribution in [2.45, 2.75) is 57.4 Å². The van der Waals surface area contributed by atoms with Crippen molar-refractivity contribution >= 4 is 11.9 Å². The van der Waals surface area contributed by atoms with Gasteiger partial charge in [-0.05, 0) is 32.7 Å². The summed E-state index contributed by atoms with van der Waals surface area (Å²) in [7, 11) is 2.05. The van der Waals surface area contributed by atoms with Crippen molar-refractivity contribution in [2.75, 3.05) is 26.7 Å². The summed E-state index contributed by atoms with van der Waals surface area (Å²) in [6.45, 7) is 1.66. The molecule has 2 rings (SSSR count). The fraction of sp³-hybridized carbons (Fsp3) is 0.875. The highest BCUT2D eigenvalue weighted by Gasteiger charge is 2.28. The van der Waals surface area contributed by atoms with Crippen LogP contribution in [0.1, 0.15) is 51.4 Å². The van der Waals surface area contributed by atoms with Crippen LogP contribution in [0.2, 0.25) is 0 Å². The van der Waals surface area contributed by atoms with Gasteiger partial charge in [-0.25, -0.2) is 0 Å². The average Bonchev–Trinajstić information content (AvgIpc) is 2.76. The monoisotopic (exact) mass is 296 g/mol. The van der Waals surface area contributed by atoms with Gasteiger partial charge in [0.25, 0.3) is 0 Å². The normalized spacial score (nSPS) is 22.3.